The predicted octanol–water partition coefficient (Wildman–Crippen LogP) is 4.59. The number of benzene rings is 1. The van der Waals surface area contributed by atoms with Crippen LogP contribution in [0.1, 0.15) is 44.7 Å². The van der Waals surface area contributed by atoms with Gasteiger partial charge in [0.15, 0.2) is 0 Å². The molecular formula is C16H21N. The standard InChI is InChI=1S/C16H21N/c1-4-5-6-14-7-9-15(10-8-14)16(12-17)11-13(2)3/h7-11,13H,4-6H2,1-3H3/b16-11+. The maximum atomic E-state index is 9.12. The van der Waals surface area contributed by atoms with Crippen molar-refractivity contribution in [3.8, 4) is 6.07 Å². The van der Waals surface area contributed by atoms with Gasteiger partial charge in [-0.05, 0) is 29.9 Å². The van der Waals surface area contributed by atoms with Crippen molar-refractivity contribution in [2.24, 2.45) is 5.92 Å². The monoisotopic (exact) mass is 227 g/mol. The van der Waals surface area contributed by atoms with Crippen LogP contribution in [0.3, 0.4) is 0 Å². The van der Waals surface area contributed by atoms with E-state index in [2.05, 4.69) is 51.1 Å². The maximum absolute atomic E-state index is 9.12. The van der Waals surface area contributed by atoms with Crippen LogP contribution in [0.5, 0.6) is 0 Å². The van der Waals surface area contributed by atoms with Gasteiger partial charge in [-0.25, -0.2) is 0 Å². The number of hydrogen-bond acceptors (Lipinski definition) is 1. The molecule has 17 heavy (non-hydrogen) atoms. The third-order valence-electron chi connectivity index (χ3n) is 2.70. The Hall–Kier alpha value is -1.55. The van der Waals surface area contributed by atoms with Gasteiger partial charge in [0, 0.05) is 0 Å². The molecule has 1 heteroatoms. The van der Waals surface area contributed by atoms with Crippen molar-refractivity contribution in [3.05, 3.63) is 41.5 Å². The summed E-state index contributed by atoms with van der Waals surface area (Å²) in [6.45, 7) is 6.38. The molecule has 0 atom stereocenters. The smallest absolute Gasteiger partial charge is 0.0994 e. The van der Waals surface area contributed by atoms with Crippen LogP contribution in [0.15, 0.2) is 30.3 Å². The summed E-state index contributed by atoms with van der Waals surface area (Å²) >= 11 is 0. The van der Waals surface area contributed by atoms with Crippen LogP contribution in [-0.4, -0.2) is 0 Å². The normalized spacial score (nSPS) is 11.6. The molecule has 0 saturated carbocycles. The first-order chi connectivity index (χ1) is 8.17. The van der Waals surface area contributed by atoms with Crippen LogP contribution in [0.25, 0.3) is 5.57 Å². The first-order valence-corrected chi connectivity index (χ1v) is 6.38. The van der Waals surface area contributed by atoms with Crippen LogP contribution < -0.4 is 0 Å². The number of aryl methyl sites for hydroxylation is 1. The van der Waals surface area contributed by atoms with Crippen LogP contribution in [0.2, 0.25) is 0 Å². The van der Waals surface area contributed by atoms with Crippen LogP contribution in [0.4, 0.5) is 0 Å². The van der Waals surface area contributed by atoms with Gasteiger partial charge in [-0.15, -0.1) is 0 Å². The summed E-state index contributed by atoms with van der Waals surface area (Å²) < 4.78 is 0. The molecule has 0 bridgehead atoms. The fourth-order valence-corrected chi connectivity index (χ4v) is 1.76. The van der Waals surface area contributed by atoms with Crippen molar-refractivity contribution in [2.75, 3.05) is 0 Å². The van der Waals surface area contributed by atoms with E-state index in [1.54, 1.807) is 0 Å². The topological polar surface area (TPSA) is 23.8 Å². The molecule has 0 saturated heterocycles. The number of hydrogen-bond donors (Lipinski definition) is 0. The Kier molecular flexibility index (Phi) is 5.49. The van der Waals surface area contributed by atoms with Gasteiger partial charge in [0.2, 0.25) is 0 Å². The lowest BCUT2D eigenvalue weighted by molar-refractivity contribution is 0.795. The number of allylic oxidation sites excluding steroid dienone is 2. The van der Waals surface area contributed by atoms with E-state index < -0.39 is 0 Å². The molecule has 0 aliphatic rings. The molecule has 0 fully saturated rings. The summed E-state index contributed by atoms with van der Waals surface area (Å²) in [6.07, 6.45) is 5.60. The summed E-state index contributed by atoms with van der Waals surface area (Å²) in [5.41, 5.74) is 3.17. The Bertz CT molecular complexity index is 404. The lowest BCUT2D eigenvalue weighted by Gasteiger charge is -2.04. The molecule has 0 spiro atoms. The van der Waals surface area contributed by atoms with E-state index in [4.69, 9.17) is 5.26 Å². The Balaban J connectivity index is 2.83. The third kappa shape index (κ3) is 4.44. The molecule has 1 nitrogen and oxygen atoms in total. The average molecular weight is 227 g/mol. The lowest BCUT2D eigenvalue weighted by atomic mass is 10.00. The fraction of sp³-hybridized carbons (Fsp3) is 0.438. The van der Waals surface area contributed by atoms with Gasteiger partial charge in [-0.2, -0.15) is 5.26 Å². The van der Waals surface area contributed by atoms with Gasteiger partial charge in [-0.3, -0.25) is 0 Å². The quantitative estimate of drug-likeness (QED) is 0.675. The van der Waals surface area contributed by atoms with Crippen molar-refractivity contribution < 1.29 is 0 Å². The summed E-state index contributed by atoms with van der Waals surface area (Å²) in [6, 6.07) is 10.7. The lowest BCUT2D eigenvalue weighted by Crippen LogP contribution is -1.89. The van der Waals surface area contributed by atoms with Crippen molar-refractivity contribution >= 4 is 5.57 Å². The third-order valence-corrected chi connectivity index (χ3v) is 2.70. The zero-order valence-corrected chi connectivity index (χ0v) is 11.0. The van der Waals surface area contributed by atoms with E-state index in [1.165, 1.54) is 18.4 Å². The Morgan fingerprint density at radius 2 is 1.94 bits per heavy atom. The minimum absolute atomic E-state index is 0.407. The minimum atomic E-state index is 0.407. The molecule has 1 rings (SSSR count). The predicted molar refractivity (Wildman–Crippen MR) is 73.5 cm³/mol. The molecule has 0 radical (unpaired) electrons. The number of rotatable bonds is 5. The molecule has 1 aromatic carbocycles. The summed E-state index contributed by atoms with van der Waals surface area (Å²) in [7, 11) is 0. The Morgan fingerprint density at radius 1 is 1.29 bits per heavy atom. The molecule has 0 amide bonds. The second-order valence-corrected chi connectivity index (χ2v) is 4.74. The van der Waals surface area contributed by atoms with Gasteiger partial charge < -0.3 is 0 Å². The van der Waals surface area contributed by atoms with Gasteiger partial charge in [-0.1, -0.05) is 57.5 Å². The van der Waals surface area contributed by atoms with Crippen molar-refractivity contribution in [3.63, 3.8) is 0 Å². The van der Waals surface area contributed by atoms with E-state index in [1.807, 2.05) is 6.08 Å². The fourth-order valence-electron chi connectivity index (χ4n) is 1.76. The Labute approximate surface area is 105 Å². The average Bonchev–Trinajstić information content (AvgIpc) is 2.34. The molecule has 0 aliphatic carbocycles. The van der Waals surface area contributed by atoms with Crippen molar-refractivity contribution in [1.29, 1.82) is 5.26 Å². The SMILES string of the molecule is CCCCc1ccc(/C(C#N)=C/C(C)C)cc1. The van der Waals surface area contributed by atoms with Crippen molar-refractivity contribution in [1.82, 2.24) is 0 Å². The second kappa shape index (κ2) is 6.91. The molecule has 0 heterocycles. The van der Waals surface area contributed by atoms with E-state index in [-0.39, 0.29) is 0 Å². The van der Waals surface area contributed by atoms with Crippen LogP contribution in [0, 0.1) is 17.2 Å². The van der Waals surface area contributed by atoms with E-state index >= 15 is 0 Å². The maximum Gasteiger partial charge on any atom is 0.0994 e. The van der Waals surface area contributed by atoms with E-state index in [0.717, 1.165) is 17.6 Å². The molecule has 1 aromatic rings. The number of nitriles is 1. The zero-order valence-electron chi connectivity index (χ0n) is 11.0. The summed E-state index contributed by atoms with van der Waals surface area (Å²) in [5, 5.41) is 9.12. The molecule has 0 N–H and O–H groups in total. The number of unbranched alkanes of at least 4 members (excludes halogenated alkanes) is 1. The molecule has 0 aliphatic heterocycles. The summed E-state index contributed by atoms with van der Waals surface area (Å²) in [5.74, 6) is 0.407. The van der Waals surface area contributed by atoms with E-state index in [0.29, 0.717) is 5.92 Å². The second-order valence-electron chi connectivity index (χ2n) is 4.74. The van der Waals surface area contributed by atoms with Gasteiger partial charge in [0.1, 0.15) is 0 Å². The van der Waals surface area contributed by atoms with Crippen LogP contribution >= 0.6 is 0 Å². The van der Waals surface area contributed by atoms with Gasteiger partial charge in [0.05, 0.1) is 11.6 Å². The highest BCUT2D eigenvalue weighted by Gasteiger charge is 2.01. The highest BCUT2D eigenvalue weighted by atomic mass is 14.2. The van der Waals surface area contributed by atoms with Gasteiger partial charge in [0.25, 0.3) is 0 Å². The van der Waals surface area contributed by atoms with Gasteiger partial charge >= 0.3 is 0 Å². The first-order valence-electron chi connectivity index (χ1n) is 6.38. The molecule has 90 valence electrons. The highest BCUT2D eigenvalue weighted by molar-refractivity contribution is 5.76. The Morgan fingerprint density at radius 3 is 2.41 bits per heavy atom. The van der Waals surface area contributed by atoms with Crippen molar-refractivity contribution in [2.45, 2.75) is 40.0 Å². The minimum Gasteiger partial charge on any atom is -0.192 e. The molecular weight excluding hydrogens is 206 g/mol. The number of nitrogens with zero attached hydrogens (tertiary/aromatic N) is 1. The molecule has 0 aromatic heterocycles. The first kappa shape index (κ1) is 13.5. The molecule has 0 unspecified atom stereocenters. The van der Waals surface area contributed by atoms with E-state index in [9.17, 15) is 0 Å². The highest BCUT2D eigenvalue weighted by Crippen LogP contribution is 2.17. The largest absolute Gasteiger partial charge is 0.192 e. The zero-order chi connectivity index (χ0) is 12.7. The van der Waals surface area contributed by atoms with Crippen LogP contribution in [-0.2, 0) is 6.42 Å². The summed E-state index contributed by atoms with van der Waals surface area (Å²) in [4.78, 5) is 0.